The normalized spacial score (nSPS) is 15.9. The molecule has 0 amide bonds. The number of aromatic nitrogens is 2. The average Bonchev–Trinajstić information content (AvgIpc) is 2.87. The van der Waals surface area contributed by atoms with Gasteiger partial charge in [0.2, 0.25) is 0 Å². The Kier molecular flexibility index (Phi) is 2.50. The van der Waals surface area contributed by atoms with Crippen LogP contribution in [0.25, 0.3) is 0 Å². The predicted octanol–water partition coefficient (Wildman–Crippen LogP) is 1.70. The van der Waals surface area contributed by atoms with Crippen molar-refractivity contribution in [1.29, 1.82) is 5.41 Å². The number of hydrogen-bond acceptors (Lipinski definition) is 2. The number of nitrogens with two attached hydrogens (primary N) is 1. The van der Waals surface area contributed by atoms with Gasteiger partial charge >= 0.3 is 0 Å². The third kappa shape index (κ3) is 2.19. The zero-order chi connectivity index (χ0) is 11.0. The first-order chi connectivity index (χ1) is 7.08. The molecule has 1 aromatic heterocycles. The van der Waals surface area contributed by atoms with Crippen LogP contribution < -0.4 is 5.73 Å². The third-order valence-corrected chi connectivity index (χ3v) is 2.60. The Labute approximate surface area is 90.0 Å². The molecule has 4 heteroatoms. The molecule has 1 heterocycles. The number of hydrogen-bond donors (Lipinski definition) is 2. The summed E-state index contributed by atoms with van der Waals surface area (Å²) in [4.78, 5) is 0. The molecule has 0 atom stereocenters. The van der Waals surface area contributed by atoms with Crippen molar-refractivity contribution in [2.24, 2.45) is 11.7 Å². The lowest BCUT2D eigenvalue weighted by atomic mass is 10.2. The first kappa shape index (κ1) is 10.2. The standard InChI is InChI=1S/C11H18N4/c1-7(2)5-15-6-9(11(12)13)10(14-15)8-3-4-8/h6-8H,3-5H2,1-2H3,(H3,12,13). The van der Waals surface area contributed by atoms with Crippen LogP contribution in [0.1, 0.15) is 43.9 Å². The van der Waals surface area contributed by atoms with E-state index < -0.39 is 0 Å². The summed E-state index contributed by atoms with van der Waals surface area (Å²) in [6.45, 7) is 5.21. The molecule has 0 spiro atoms. The van der Waals surface area contributed by atoms with Crippen LogP contribution in [0.5, 0.6) is 0 Å². The van der Waals surface area contributed by atoms with Crippen molar-refractivity contribution in [3.8, 4) is 0 Å². The molecule has 15 heavy (non-hydrogen) atoms. The largest absolute Gasteiger partial charge is 0.384 e. The van der Waals surface area contributed by atoms with E-state index in [2.05, 4.69) is 18.9 Å². The lowest BCUT2D eigenvalue weighted by Gasteiger charge is -2.03. The van der Waals surface area contributed by atoms with Gasteiger partial charge in [-0.15, -0.1) is 0 Å². The van der Waals surface area contributed by atoms with E-state index in [4.69, 9.17) is 11.1 Å². The van der Waals surface area contributed by atoms with Crippen molar-refractivity contribution < 1.29 is 0 Å². The van der Waals surface area contributed by atoms with Crippen LogP contribution >= 0.6 is 0 Å². The second kappa shape index (κ2) is 3.68. The fraction of sp³-hybridized carbons (Fsp3) is 0.636. The van der Waals surface area contributed by atoms with E-state index in [1.807, 2.05) is 10.9 Å². The highest BCUT2D eigenvalue weighted by atomic mass is 15.3. The molecule has 0 saturated heterocycles. The molecule has 0 unspecified atom stereocenters. The maximum absolute atomic E-state index is 7.52. The lowest BCUT2D eigenvalue weighted by Crippen LogP contribution is -2.12. The Balaban J connectivity index is 2.27. The second-order valence-electron chi connectivity index (χ2n) is 4.73. The van der Waals surface area contributed by atoms with Gasteiger partial charge in [-0.1, -0.05) is 13.8 Å². The Morgan fingerprint density at radius 2 is 2.33 bits per heavy atom. The van der Waals surface area contributed by atoms with Gasteiger partial charge in [-0.05, 0) is 18.8 Å². The molecule has 1 saturated carbocycles. The van der Waals surface area contributed by atoms with Crippen LogP contribution in [0, 0.1) is 11.3 Å². The SMILES string of the molecule is CC(C)Cn1cc(C(=N)N)c(C2CC2)n1. The maximum Gasteiger partial charge on any atom is 0.126 e. The van der Waals surface area contributed by atoms with Crippen molar-refractivity contribution in [1.82, 2.24) is 9.78 Å². The highest BCUT2D eigenvalue weighted by Gasteiger charge is 2.30. The van der Waals surface area contributed by atoms with Gasteiger partial charge in [0.15, 0.2) is 0 Å². The van der Waals surface area contributed by atoms with Crippen molar-refractivity contribution in [3.05, 3.63) is 17.5 Å². The molecule has 0 bridgehead atoms. The minimum atomic E-state index is 0.145. The topological polar surface area (TPSA) is 67.7 Å². The van der Waals surface area contributed by atoms with Crippen LogP contribution in [-0.2, 0) is 6.54 Å². The van der Waals surface area contributed by atoms with Gasteiger partial charge < -0.3 is 5.73 Å². The number of nitrogens with one attached hydrogen (secondary N) is 1. The first-order valence-electron chi connectivity index (χ1n) is 5.49. The Bertz CT molecular complexity index is 374. The molecule has 1 aliphatic carbocycles. The smallest absolute Gasteiger partial charge is 0.126 e. The number of rotatable bonds is 4. The fourth-order valence-corrected chi connectivity index (χ4v) is 1.77. The minimum Gasteiger partial charge on any atom is -0.384 e. The molecule has 0 aliphatic heterocycles. The maximum atomic E-state index is 7.52. The number of nitrogens with zero attached hydrogens (tertiary/aromatic N) is 2. The van der Waals surface area contributed by atoms with Crippen LogP contribution in [0.2, 0.25) is 0 Å². The van der Waals surface area contributed by atoms with E-state index >= 15 is 0 Å². The van der Waals surface area contributed by atoms with Crippen molar-refractivity contribution in [2.75, 3.05) is 0 Å². The number of nitrogen functional groups attached to an aromatic ring is 1. The van der Waals surface area contributed by atoms with E-state index in [9.17, 15) is 0 Å². The van der Waals surface area contributed by atoms with Crippen LogP contribution in [0.4, 0.5) is 0 Å². The highest BCUT2D eigenvalue weighted by Crippen LogP contribution is 2.40. The predicted molar refractivity (Wildman–Crippen MR) is 60.1 cm³/mol. The molecule has 0 radical (unpaired) electrons. The van der Waals surface area contributed by atoms with E-state index in [0.29, 0.717) is 11.8 Å². The van der Waals surface area contributed by atoms with E-state index in [1.54, 1.807) is 0 Å². The van der Waals surface area contributed by atoms with Gasteiger partial charge in [0.1, 0.15) is 5.84 Å². The van der Waals surface area contributed by atoms with Crippen molar-refractivity contribution >= 4 is 5.84 Å². The molecule has 4 nitrogen and oxygen atoms in total. The first-order valence-corrected chi connectivity index (χ1v) is 5.49. The summed E-state index contributed by atoms with van der Waals surface area (Å²) in [5.41, 5.74) is 7.42. The molecular formula is C11H18N4. The molecular weight excluding hydrogens is 188 g/mol. The summed E-state index contributed by atoms with van der Waals surface area (Å²) in [6.07, 6.45) is 4.30. The highest BCUT2D eigenvalue weighted by molar-refractivity contribution is 5.96. The third-order valence-electron chi connectivity index (χ3n) is 2.60. The number of amidine groups is 1. The summed E-state index contributed by atoms with van der Waals surface area (Å²) in [5.74, 6) is 1.26. The zero-order valence-electron chi connectivity index (χ0n) is 9.33. The minimum absolute atomic E-state index is 0.145. The lowest BCUT2D eigenvalue weighted by molar-refractivity contribution is 0.480. The Morgan fingerprint density at radius 3 is 2.80 bits per heavy atom. The van der Waals surface area contributed by atoms with Crippen LogP contribution in [0.15, 0.2) is 6.20 Å². The van der Waals surface area contributed by atoms with Crippen LogP contribution in [-0.4, -0.2) is 15.6 Å². The summed E-state index contributed by atoms with van der Waals surface area (Å²) < 4.78 is 1.93. The van der Waals surface area contributed by atoms with E-state index in [0.717, 1.165) is 17.8 Å². The molecule has 3 N–H and O–H groups in total. The van der Waals surface area contributed by atoms with Crippen molar-refractivity contribution in [3.63, 3.8) is 0 Å². The van der Waals surface area contributed by atoms with Gasteiger partial charge in [0.05, 0.1) is 11.3 Å². The quantitative estimate of drug-likeness (QED) is 0.581. The molecule has 1 fully saturated rings. The zero-order valence-corrected chi connectivity index (χ0v) is 9.33. The fourth-order valence-electron chi connectivity index (χ4n) is 1.77. The molecule has 82 valence electrons. The molecule has 0 aromatic carbocycles. The van der Waals surface area contributed by atoms with Crippen molar-refractivity contribution in [2.45, 2.75) is 39.2 Å². The molecule has 1 aromatic rings. The summed E-state index contributed by atoms with van der Waals surface area (Å²) >= 11 is 0. The monoisotopic (exact) mass is 206 g/mol. The van der Waals surface area contributed by atoms with Gasteiger partial charge in [0.25, 0.3) is 0 Å². The Hall–Kier alpha value is -1.32. The average molecular weight is 206 g/mol. The second-order valence-corrected chi connectivity index (χ2v) is 4.73. The van der Waals surface area contributed by atoms with Gasteiger partial charge in [-0.3, -0.25) is 10.1 Å². The van der Waals surface area contributed by atoms with Gasteiger partial charge in [-0.25, -0.2) is 0 Å². The van der Waals surface area contributed by atoms with Crippen LogP contribution in [0.3, 0.4) is 0 Å². The van der Waals surface area contributed by atoms with E-state index in [1.165, 1.54) is 12.8 Å². The summed E-state index contributed by atoms with van der Waals surface area (Å²) in [5, 5.41) is 12.0. The van der Waals surface area contributed by atoms with Gasteiger partial charge in [-0.2, -0.15) is 5.10 Å². The Morgan fingerprint density at radius 1 is 1.67 bits per heavy atom. The molecule has 1 aliphatic rings. The molecule has 2 rings (SSSR count). The van der Waals surface area contributed by atoms with Gasteiger partial charge in [0, 0.05) is 18.7 Å². The summed E-state index contributed by atoms with van der Waals surface area (Å²) in [7, 11) is 0. The van der Waals surface area contributed by atoms with E-state index in [-0.39, 0.29) is 5.84 Å². The summed E-state index contributed by atoms with van der Waals surface area (Å²) in [6, 6.07) is 0.